The molecule has 1 aliphatic rings. The van der Waals surface area contributed by atoms with Gasteiger partial charge < -0.3 is 5.73 Å². The van der Waals surface area contributed by atoms with E-state index in [0.717, 1.165) is 6.42 Å². The second-order valence-electron chi connectivity index (χ2n) is 2.12. The molecule has 1 aliphatic carbocycles. The van der Waals surface area contributed by atoms with Gasteiger partial charge in [-0.05, 0) is 24.1 Å². The average Bonchev–Trinajstić information content (AvgIpc) is 1.87. The van der Waals surface area contributed by atoms with E-state index in [4.69, 9.17) is 5.73 Å². The zero-order chi connectivity index (χ0) is 7.23. The molecule has 0 unspecified atom stereocenters. The standard InChI is InChI=1S/C9H11N/c10-8-9-6-4-2-1-3-5-7-9/h2-4,6-7H,5,8,10H2/b6-4-,9-7+. The van der Waals surface area contributed by atoms with E-state index in [0.29, 0.717) is 6.54 Å². The van der Waals surface area contributed by atoms with Crippen LogP contribution in [0.3, 0.4) is 0 Å². The van der Waals surface area contributed by atoms with E-state index >= 15 is 0 Å². The Kier molecular flexibility index (Phi) is 2.75. The van der Waals surface area contributed by atoms with Crippen LogP contribution in [-0.2, 0) is 0 Å². The minimum Gasteiger partial charge on any atom is -0.327 e. The normalized spacial score (nSPS) is 24.7. The van der Waals surface area contributed by atoms with Gasteiger partial charge in [-0.15, -0.1) is 5.73 Å². The van der Waals surface area contributed by atoms with Gasteiger partial charge in [0.15, 0.2) is 0 Å². The fourth-order valence-corrected chi connectivity index (χ4v) is 0.793. The largest absolute Gasteiger partial charge is 0.327 e. The molecule has 0 saturated carbocycles. The zero-order valence-corrected chi connectivity index (χ0v) is 5.88. The van der Waals surface area contributed by atoms with Gasteiger partial charge in [0.25, 0.3) is 0 Å². The molecule has 0 aliphatic heterocycles. The fourth-order valence-electron chi connectivity index (χ4n) is 0.793. The molecule has 0 atom stereocenters. The Morgan fingerprint density at radius 3 is 3.30 bits per heavy atom. The van der Waals surface area contributed by atoms with Gasteiger partial charge in [0.05, 0.1) is 0 Å². The van der Waals surface area contributed by atoms with Crippen molar-refractivity contribution in [3.8, 4) is 0 Å². The van der Waals surface area contributed by atoms with Crippen LogP contribution in [-0.4, -0.2) is 6.54 Å². The molecule has 0 aromatic rings. The maximum atomic E-state index is 5.46. The molecule has 0 fully saturated rings. The summed E-state index contributed by atoms with van der Waals surface area (Å²) in [5.74, 6) is 0. The van der Waals surface area contributed by atoms with Crippen molar-refractivity contribution >= 4 is 0 Å². The van der Waals surface area contributed by atoms with Crippen LogP contribution in [0, 0.1) is 0 Å². The van der Waals surface area contributed by atoms with Crippen LogP contribution >= 0.6 is 0 Å². The molecular formula is C9H11N. The van der Waals surface area contributed by atoms with Gasteiger partial charge in [0.2, 0.25) is 0 Å². The van der Waals surface area contributed by atoms with Crippen LogP contribution in [0.2, 0.25) is 0 Å². The smallest absolute Gasteiger partial charge is 0.0175 e. The predicted octanol–water partition coefficient (Wildman–Crippen LogP) is 1.54. The number of rotatable bonds is 1. The molecule has 10 heavy (non-hydrogen) atoms. The molecule has 0 bridgehead atoms. The van der Waals surface area contributed by atoms with Gasteiger partial charge >= 0.3 is 0 Å². The van der Waals surface area contributed by atoms with Crippen molar-refractivity contribution in [2.24, 2.45) is 5.73 Å². The summed E-state index contributed by atoms with van der Waals surface area (Å²) in [6, 6.07) is 0. The van der Waals surface area contributed by atoms with Gasteiger partial charge in [-0.25, -0.2) is 0 Å². The van der Waals surface area contributed by atoms with Gasteiger partial charge in [-0.3, -0.25) is 0 Å². The van der Waals surface area contributed by atoms with Crippen LogP contribution in [0.5, 0.6) is 0 Å². The minimum atomic E-state index is 0.623. The summed E-state index contributed by atoms with van der Waals surface area (Å²) in [7, 11) is 0. The lowest BCUT2D eigenvalue weighted by Crippen LogP contribution is -2.00. The molecule has 1 rings (SSSR count). The summed E-state index contributed by atoms with van der Waals surface area (Å²) < 4.78 is 0. The number of allylic oxidation sites excluding steroid dienone is 3. The van der Waals surface area contributed by atoms with E-state index in [1.165, 1.54) is 5.57 Å². The zero-order valence-electron chi connectivity index (χ0n) is 5.88. The van der Waals surface area contributed by atoms with Crippen molar-refractivity contribution < 1.29 is 0 Å². The first-order chi connectivity index (χ1) is 4.93. The molecule has 0 aromatic heterocycles. The lowest BCUT2D eigenvalue weighted by Gasteiger charge is -1.94. The summed E-state index contributed by atoms with van der Waals surface area (Å²) in [5.41, 5.74) is 9.65. The highest BCUT2D eigenvalue weighted by Crippen LogP contribution is 1.99. The molecule has 0 radical (unpaired) electrons. The van der Waals surface area contributed by atoms with E-state index < -0.39 is 0 Å². The first-order valence-electron chi connectivity index (χ1n) is 3.40. The van der Waals surface area contributed by atoms with Crippen LogP contribution in [0.25, 0.3) is 0 Å². The van der Waals surface area contributed by atoms with Crippen molar-refractivity contribution in [3.05, 3.63) is 41.7 Å². The van der Waals surface area contributed by atoms with Gasteiger partial charge in [0.1, 0.15) is 0 Å². The molecule has 0 amide bonds. The van der Waals surface area contributed by atoms with Crippen molar-refractivity contribution in [1.29, 1.82) is 0 Å². The van der Waals surface area contributed by atoms with Crippen LogP contribution in [0.15, 0.2) is 41.7 Å². The minimum absolute atomic E-state index is 0.623. The summed E-state index contributed by atoms with van der Waals surface area (Å²) in [5, 5.41) is 0. The predicted molar refractivity (Wildman–Crippen MR) is 43.5 cm³/mol. The molecule has 0 heterocycles. The highest BCUT2D eigenvalue weighted by atomic mass is 14.5. The van der Waals surface area contributed by atoms with E-state index in [1.54, 1.807) is 0 Å². The van der Waals surface area contributed by atoms with E-state index in [1.807, 2.05) is 24.3 Å². The highest BCUT2D eigenvalue weighted by Gasteiger charge is 1.85. The Morgan fingerprint density at radius 2 is 2.50 bits per heavy atom. The third-order valence-corrected chi connectivity index (χ3v) is 1.35. The Labute approximate surface area is 61.2 Å². The fraction of sp³-hybridized carbons (Fsp3) is 0.222. The van der Waals surface area contributed by atoms with E-state index in [-0.39, 0.29) is 0 Å². The second-order valence-corrected chi connectivity index (χ2v) is 2.12. The van der Waals surface area contributed by atoms with Gasteiger partial charge in [0, 0.05) is 6.54 Å². The molecular weight excluding hydrogens is 122 g/mol. The molecule has 0 spiro atoms. The van der Waals surface area contributed by atoms with Crippen molar-refractivity contribution in [3.63, 3.8) is 0 Å². The lowest BCUT2D eigenvalue weighted by molar-refractivity contribution is 1.16. The molecule has 1 nitrogen and oxygen atoms in total. The van der Waals surface area contributed by atoms with Gasteiger partial charge in [-0.1, -0.05) is 18.2 Å². The monoisotopic (exact) mass is 133 g/mol. The van der Waals surface area contributed by atoms with Crippen LogP contribution in [0.1, 0.15) is 6.42 Å². The summed E-state index contributed by atoms with van der Waals surface area (Å²) in [6.07, 6.45) is 10.9. The Morgan fingerprint density at radius 1 is 1.60 bits per heavy atom. The van der Waals surface area contributed by atoms with Crippen molar-refractivity contribution in [1.82, 2.24) is 0 Å². The summed E-state index contributed by atoms with van der Waals surface area (Å²) in [6.45, 7) is 0.623. The number of hydrogen-bond acceptors (Lipinski definition) is 1. The van der Waals surface area contributed by atoms with E-state index in [2.05, 4.69) is 11.8 Å². The molecule has 0 saturated heterocycles. The highest BCUT2D eigenvalue weighted by molar-refractivity contribution is 5.25. The molecule has 52 valence electrons. The third kappa shape index (κ3) is 2.06. The Balaban J connectivity index is 2.71. The third-order valence-electron chi connectivity index (χ3n) is 1.35. The van der Waals surface area contributed by atoms with Crippen molar-refractivity contribution in [2.75, 3.05) is 6.54 Å². The first kappa shape index (κ1) is 7.07. The summed E-state index contributed by atoms with van der Waals surface area (Å²) in [4.78, 5) is 0. The molecule has 2 N–H and O–H groups in total. The van der Waals surface area contributed by atoms with Crippen LogP contribution < -0.4 is 5.73 Å². The SMILES string of the molecule is NCC1=C/CC=C=C/C=C\1. The Hall–Kier alpha value is -1.04. The van der Waals surface area contributed by atoms with Gasteiger partial charge in [-0.2, -0.15) is 0 Å². The van der Waals surface area contributed by atoms with Crippen LogP contribution in [0.4, 0.5) is 0 Å². The number of nitrogens with two attached hydrogens (primary N) is 1. The topological polar surface area (TPSA) is 26.0 Å². The summed E-state index contributed by atoms with van der Waals surface area (Å²) >= 11 is 0. The Bertz CT molecular complexity index is 212. The van der Waals surface area contributed by atoms with E-state index in [9.17, 15) is 0 Å². The number of hydrogen-bond donors (Lipinski definition) is 1. The average molecular weight is 133 g/mol. The molecule has 0 aromatic carbocycles. The van der Waals surface area contributed by atoms with Crippen molar-refractivity contribution in [2.45, 2.75) is 6.42 Å². The molecule has 1 heteroatoms. The second kappa shape index (κ2) is 3.89. The first-order valence-corrected chi connectivity index (χ1v) is 3.40. The maximum absolute atomic E-state index is 5.46. The maximum Gasteiger partial charge on any atom is 0.0175 e. The quantitative estimate of drug-likeness (QED) is 0.539. The lowest BCUT2D eigenvalue weighted by atomic mass is 10.2.